The molecule has 2 aromatic carbocycles. The third-order valence-electron chi connectivity index (χ3n) is 5.10. The van der Waals surface area contributed by atoms with Crippen LogP contribution in [0.25, 0.3) is 22.1 Å². The molecule has 1 aliphatic rings. The van der Waals surface area contributed by atoms with Crippen LogP contribution in [0.3, 0.4) is 0 Å². The normalized spacial score (nSPS) is 14.8. The van der Waals surface area contributed by atoms with Gasteiger partial charge in [0.2, 0.25) is 0 Å². The molecule has 2 heterocycles. The Morgan fingerprint density at radius 3 is 2.43 bits per heavy atom. The molecular weight excluding hydrogens is 394 g/mol. The quantitative estimate of drug-likeness (QED) is 0.615. The molecule has 0 atom stereocenters. The van der Waals surface area contributed by atoms with E-state index in [1.807, 2.05) is 7.05 Å². The molecular formula is C22H20F2N2O4. The average molecular weight is 414 g/mol. The van der Waals surface area contributed by atoms with E-state index in [1.54, 1.807) is 17.0 Å². The Labute approximate surface area is 171 Å². The number of halogens is 2. The lowest BCUT2D eigenvalue weighted by Crippen LogP contribution is -2.48. The second-order valence-electron chi connectivity index (χ2n) is 7.28. The first-order chi connectivity index (χ1) is 14.4. The van der Waals surface area contributed by atoms with Crippen molar-refractivity contribution >= 4 is 16.9 Å². The number of rotatable bonds is 4. The third kappa shape index (κ3) is 4.33. The van der Waals surface area contributed by atoms with Crippen LogP contribution in [0, 0.1) is 11.6 Å². The highest BCUT2D eigenvalue weighted by molar-refractivity contribution is 5.83. The lowest BCUT2D eigenvalue weighted by atomic mass is 10.1. The molecule has 30 heavy (non-hydrogen) atoms. The number of carbonyl (C=O) groups is 1. The largest absolute Gasteiger partial charge is 0.484 e. The molecule has 0 N–H and O–H groups in total. The van der Waals surface area contributed by atoms with E-state index in [4.69, 9.17) is 9.15 Å². The van der Waals surface area contributed by atoms with Gasteiger partial charge >= 0.3 is 5.63 Å². The first-order valence-electron chi connectivity index (χ1n) is 9.52. The van der Waals surface area contributed by atoms with Crippen LogP contribution < -0.4 is 10.4 Å². The van der Waals surface area contributed by atoms with Crippen LogP contribution in [-0.4, -0.2) is 55.5 Å². The van der Waals surface area contributed by atoms with Crippen LogP contribution in [-0.2, 0) is 4.79 Å². The average Bonchev–Trinajstić information content (AvgIpc) is 2.71. The lowest BCUT2D eigenvalue weighted by Gasteiger charge is -2.32. The summed E-state index contributed by atoms with van der Waals surface area (Å²) in [6.45, 7) is 2.86. The molecule has 3 aromatic rings. The molecule has 0 saturated carbocycles. The number of fused-ring (bicyclic) bond motifs is 1. The van der Waals surface area contributed by atoms with Gasteiger partial charge in [-0.25, -0.2) is 13.6 Å². The molecule has 0 radical (unpaired) electrons. The fourth-order valence-electron chi connectivity index (χ4n) is 3.38. The predicted molar refractivity (Wildman–Crippen MR) is 107 cm³/mol. The number of ether oxygens (including phenoxy) is 1. The standard InChI is InChI=1S/C22H20F2N2O4/c1-25-4-6-26(7-5-25)21(27)13-29-18-3-2-14-10-19(22(28)30-20(14)12-18)15-8-16(23)11-17(24)9-15/h2-3,8-12H,4-7,13H2,1H3. The lowest BCUT2D eigenvalue weighted by molar-refractivity contribution is -0.134. The fraction of sp³-hybridized carbons (Fsp3) is 0.273. The highest BCUT2D eigenvalue weighted by atomic mass is 19.1. The van der Waals surface area contributed by atoms with Crippen molar-refractivity contribution in [2.45, 2.75) is 0 Å². The van der Waals surface area contributed by atoms with Crippen LogP contribution in [0.15, 0.2) is 51.7 Å². The number of nitrogens with zero attached hydrogens (tertiary/aromatic N) is 2. The minimum atomic E-state index is -0.779. The summed E-state index contributed by atoms with van der Waals surface area (Å²) in [7, 11) is 2.01. The second kappa shape index (κ2) is 8.23. The summed E-state index contributed by atoms with van der Waals surface area (Å²) in [5.41, 5.74) is -0.315. The van der Waals surface area contributed by atoms with Crippen LogP contribution in [0.5, 0.6) is 5.75 Å². The summed E-state index contributed by atoms with van der Waals surface area (Å²) < 4.78 is 37.9. The molecule has 0 spiro atoms. The molecule has 1 aliphatic heterocycles. The monoisotopic (exact) mass is 414 g/mol. The fourth-order valence-corrected chi connectivity index (χ4v) is 3.38. The molecule has 156 valence electrons. The van der Waals surface area contributed by atoms with Crippen molar-refractivity contribution in [1.82, 2.24) is 9.80 Å². The Kier molecular flexibility index (Phi) is 5.50. The van der Waals surface area contributed by atoms with Gasteiger partial charge < -0.3 is 19.0 Å². The topological polar surface area (TPSA) is 63.0 Å². The van der Waals surface area contributed by atoms with E-state index in [2.05, 4.69) is 4.90 Å². The number of amides is 1. The van der Waals surface area contributed by atoms with Gasteiger partial charge in [0.25, 0.3) is 5.91 Å². The molecule has 6 nitrogen and oxygen atoms in total. The summed E-state index contributed by atoms with van der Waals surface area (Å²) >= 11 is 0. The van der Waals surface area contributed by atoms with Gasteiger partial charge in [-0.2, -0.15) is 0 Å². The first-order valence-corrected chi connectivity index (χ1v) is 9.52. The van der Waals surface area contributed by atoms with Crippen molar-refractivity contribution in [3.8, 4) is 16.9 Å². The molecule has 1 amide bonds. The maximum absolute atomic E-state index is 13.5. The number of piperazine rings is 1. The maximum atomic E-state index is 13.5. The summed E-state index contributed by atoms with van der Waals surface area (Å²) in [5.74, 6) is -1.28. The maximum Gasteiger partial charge on any atom is 0.344 e. The smallest absolute Gasteiger partial charge is 0.344 e. The number of hydrogen-bond donors (Lipinski definition) is 0. The molecule has 0 unspecified atom stereocenters. The number of hydrogen-bond acceptors (Lipinski definition) is 5. The minimum absolute atomic E-state index is 0.0554. The van der Waals surface area contributed by atoms with Gasteiger partial charge in [0.15, 0.2) is 6.61 Å². The Bertz CT molecular complexity index is 1130. The highest BCUT2D eigenvalue weighted by Crippen LogP contribution is 2.25. The van der Waals surface area contributed by atoms with Crippen molar-refractivity contribution < 1.29 is 22.7 Å². The Hall–Kier alpha value is -3.26. The van der Waals surface area contributed by atoms with E-state index in [9.17, 15) is 18.4 Å². The van der Waals surface area contributed by atoms with Gasteiger partial charge in [-0.15, -0.1) is 0 Å². The number of carbonyl (C=O) groups excluding carboxylic acids is 1. The molecule has 0 aliphatic carbocycles. The van der Waals surface area contributed by atoms with E-state index in [1.165, 1.54) is 12.1 Å². The van der Waals surface area contributed by atoms with E-state index in [-0.39, 0.29) is 29.2 Å². The zero-order valence-corrected chi connectivity index (χ0v) is 16.4. The molecule has 0 bridgehead atoms. The molecule has 1 fully saturated rings. The Morgan fingerprint density at radius 1 is 1.03 bits per heavy atom. The van der Waals surface area contributed by atoms with Gasteiger partial charge in [-0.1, -0.05) is 0 Å². The molecule has 1 saturated heterocycles. The van der Waals surface area contributed by atoms with Crippen LogP contribution in [0.1, 0.15) is 0 Å². The van der Waals surface area contributed by atoms with Gasteiger partial charge in [0.1, 0.15) is 23.0 Å². The summed E-state index contributed by atoms with van der Waals surface area (Å²) in [6.07, 6.45) is 0. The van der Waals surface area contributed by atoms with Crippen molar-refractivity contribution in [3.63, 3.8) is 0 Å². The van der Waals surface area contributed by atoms with Crippen molar-refractivity contribution in [2.75, 3.05) is 39.8 Å². The van der Waals surface area contributed by atoms with Crippen LogP contribution >= 0.6 is 0 Å². The van der Waals surface area contributed by atoms with Crippen LogP contribution in [0.4, 0.5) is 8.78 Å². The highest BCUT2D eigenvalue weighted by Gasteiger charge is 2.19. The summed E-state index contributed by atoms with van der Waals surface area (Å²) in [4.78, 5) is 28.6. The van der Waals surface area contributed by atoms with Gasteiger partial charge in [-0.3, -0.25) is 4.79 Å². The van der Waals surface area contributed by atoms with Crippen LogP contribution in [0.2, 0.25) is 0 Å². The number of likely N-dealkylation sites (N-methyl/N-ethyl adjacent to an activating group) is 1. The zero-order chi connectivity index (χ0) is 21.3. The van der Waals surface area contributed by atoms with Gasteiger partial charge in [0, 0.05) is 43.7 Å². The van der Waals surface area contributed by atoms with E-state index in [0.717, 1.165) is 31.3 Å². The summed E-state index contributed by atoms with van der Waals surface area (Å²) in [6, 6.07) is 9.21. The zero-order valence-electron chi connectivity index (χ0n) is 16.4. The molecule has 4 rings (SSSR count). The molecule has 8 heteroatoms. The van der Waals surface area contributed by atoms with Crippen molar-refractivity contribution in [3.05, 3.63) is 64.5 Å². The Balaban J connectivity index is 1.52. The van der Waals surface area contributed by atoms with E-state index < -0.39 is 17.3 Å². The van der Waals surface area contributed by atoms with E-state index in [0.29, 0.717) is 24.2 Å². The third-order valence-corrected chi connectivity index (χ3v) is 5.10. The first kappa shape index (κ1) is 20.0. The molecule has 1 aromatic heterocycles. The van der Waals surface area contributed by atoms with Gasteiger partial charge in [-0.05, 0) is 42.9 Å². The minimum Gasteiger partial charge on any atom is -0.484 e. The summed E-state index contributed by atoms with van der Waals surface area (Å²) in [5, 5.41) is 0.562. The van der Waals surface area contributed by atoms with Crippen molar-refractivity contribution in [1.29, 1.82) is 0 Å². The Morgan fingerprint density at radius 2 is 1.73 bits per heavy atom. The number of benzene rings is 2. The van der Waals surface area contributed by atoms with Gasteiger partial charge in [0.05, 0.1) is 5.56 Å². The second-order valence-corrected chi connectivity index (χ2v) is 7.28. The SMILES string of the molecule is CN1CCN(C(=O)COc2ccc3cc(-c4cc(F)cc(F)c4)c(=O)oc3c2)CC1. The predicted octanol–water partition coefficient (Wildman–Crippen LogP) is 2.89. The van der Waals surface area contributed by atoms with Crippen molar-refractivity contribution in [2.24, 2.45) is 0 Å². The van der Waals surface area contributed by atoms with E-state index >= 15 is 0 Å².